The maximum atomic E-state index is 13.3. The Kier molecular flexibility index (Phi) is 6.35. The molecule has 0 amide bonds. The summed E-state index contributed by atoms with van der Waals surface area (Å²) in [6.45, 7) is 6.39. The zero-order valence-electron chi connectivity index (χ0n) is 19.3. The molecule has 33 heavy (non-hydrogen) atoms. The van der Waals surface area contributed by atoms with E-state index in [0.717, 1.165) is 23.2 Å². The number of dihydropyridines is 1. The number of methoxy groups -OCH3 is 1. The summed E-state index contributed by atoms with van der Waals surface area (Å²) < 4.78 is 11.1. The minimum Gasteiger partial charge on any atom is -0.489 e. The van der Waals surface area contributed by atoms with Gasteiger partial charge in [0.25, 0.3) is 0 Å². The van der Waals surface area contributed by atoms with Gasteiger partial charge >= 0.3 is 5.97 Å². The van der Waals surface area contributed by atoms with Crippen molar-refractivity contribution in [2.75, 3.05) is 7.11 Å². The average molecular weight is 466 g/mol. The van der Waals surface area contributed by atoms with Gasteiger partial charge in [0.05, 0.1) is 12.7 Å². The number of halogens is 1. The summed E-state index contributed by atoms with van der Waals surface area (Å²) in [5.74, 6) is -0.247. The predicted octanol–water partition coefficient (Wildman–Crippen LogP) is 5.70. The Morgan fingerprint density at radius 3 is 2.64 bits per heavy atom. The van der Waals surface area contributed by atoms with Gasteiger partial charge in [-0.3, -0.25) is 4.79 Å². The lowest BCUT2D eigenvalue weighted by Crippen LogP contribution is -2.38. The normalized spacial score (nSPS) is 19.7. The van der Waals surface area contributed by atoms with Gasteiger partial charge in [-0.05, 0) is 54.2 Å². The first-order valence-electron chi connectivity index (χ1n) is 11.0. The molecule has 2 aliphatic rings. The highest BCUT2D eigenvalue weighted by molar-refractivity contribution is 6.30. The second kappa shape index (κ2) is 9.06. The van der Waals surface area contributed by atoms with Crippen molar-refractivity contribution in [3.05, 3.63) is 87.2 Å². The predicted molar refractivity (Wildman–Crippen MR) is 128 cm³/mol. The molecule has 4 rings (SSSR count). The smallest absolute Gasteiger partial charge is 0.336 e. The monoisotopic (exact) mass is 465 g/mol. The highest BCUT2D eigenvalue weighted by Crippen LogP contribution is 2.47. The van der Waals surface area contributed by atoms with Crippen LogP contribution in [0.3, 0.4) is 0 Å². The van der Waals surface area contributed by atoms with Gasteiger partial charge < -0.3 is 14.8 Å². The molecule has 1 atom stereocenters. The summed E-state index contributed by atoms with van der Waals surface area (Å²) in [6, 6.07) is 15.1. The van der Waals surface area contributed by atoms with E-state index < -0.39 is 11.9 Å². The van der Waals surface area contributed by atoms with E-state index in [1.54, 1.807) is 0 Å². The fourth-order valence-electron chi connectivity index (χ4n) is 4.73. The van der Waals surface area contributed by atoms with E-state index >= 15 is 0 Å². The van der Waals surface area contributed by atoms with Crippen molar-refractivity contribution in [1.82, 2.24) is 5.32 Å². The molecule has 0 saturated heterocycles. The fraction of sp³-hybridized carbons (Fsp3) is 0.333. The molecule has 2 aromatic carbocycles. The number of carbonyl (C=O) groups is 2. The minimum absolute atomic E-state index is 0.0536. The van der Waals surface area contributed by atoms with E-state index in [4.69, 9.17) is 21.1 Å². The van der Waals surface area contributed by atoms with Gasteiger partial charge in [0.15, 0.2) is 5.78 Å². The first kappa shape index (κ1) is 23.1. The molecule has 5 nitrogen and oxygen atoms in total. The van der Waals surface area contributed by atoms with Gasteiger partial charge in [-0.15, -0.1) is 0 Å². The molecule has 0 spiro atoms. The van der Waals surface area contributed by atoms with E-state index in [2.05, 4.69) is 19.2 Å². The number of hydrogen-bond donors (Lipinski definition) is 1. The molecular formula is C27H28ClNO4. The van der Waals surface area contributed by atoms with Crippen LogP contribution in [0.15, 0.2) is 71.1 Å². The van der Waals surface area contributed by atoms with Gasteiger partial charge in [0.1, 0.15) is 12.4 Å². The molecule has 0 bridgehead atoms. The summed E-state index contributed by atoms with van der Waals surface area (Å²) in [4.78, 5) is 26.1. The molecular weight excluding hydrogens is 438 g/mol. The van der Waals surface area contributed by atoms with Crippen LogP contribution in [0.5, 0.6) is 5.75 Å². The van der Waals surface area contributed by atoms with Crippen LogP contribution in [0.1, 0.15) is 50.7 Å². The second-order valence-electron chi connectivity index (χ2n) is 9.41. The Hall–Kier alpha value is -3.05. The summed E-state index contributed by atoms with van der Waals surface area (Å²) in [6.07, 6.45) is 1.17. The summed E-state index contributed by atoms with van der Waals surface area (Å²) >= 11 is 6.08. The van der Waals surface area contributed by atoms with Crippen molar-refractivity contribution in [1.29, 1.82) is 0 Å². The van der Waals surface area contributed by atoms with Crippen LogP contribution in [0.25, 0.3) is 0 Å². The number of allylic oxidation sites excluding steroid dienone is 3. The highest BCUT2D eigenvalue weighted by Gasteiger charge is 2.43. The molecule has 0 radical (unpaired) electrons. The molecule has 1 heterocycles. The Balaban J connectivity index is 1.72. The van der Waals surface area contributed by atoms with Crippen LogP contribution < -0.4 is 10.1 Å². The third-order valence-electron chi connectivity index (χ3n) is 6.13. The van der Waals surface area contributed by atoms with Crippen molar-refractivity contribution in [2.24, 2.45) is 5.41 Å². The van der Waals surface area contributed by atoms with Crippen LogP contribution in [-0.4, -0.2) is 18.9 Å². The average Bonchev–Trinajstić information content (AvgIpc) is 2.75. The Morgan fingerprint density at radius 2 is 1.91 bits per heavy atom. The molecule has 0 unspecified atom stereocenters. The van der Waals surface area contributed by atoms with E-state index in [1.165, 1.54) is 7.11 Å². The Labute approximate surface area is 199 Å². The van der Waals surface area contributed by atoms with E-state index in [0.29, 0.717) is 40.6 Å². The molecule has 172 valence electrons. The molecule has 2 aromatic rings. The quantitative estimate of drug-likeness (QED) is 0.574. The maximum absolute atomic E-state index is 13.3. The van der Waals surface area contributed by atoms with Gasteiger partial charge in [0.2, 0.25) is 0 Å². The highest BCUT2D eigenvalue weighted by atomic mass is 35.5. The lowest BCUT2D eigenvalue weighted by atomic mass is 9.68. The Bertz CT molecular complexity index is 1180. The number of rotatable bonds is 5. The van der Waals surface area contributed by atoms with Crippen molar-refractivity contribution in [2.45, 2.75) is 46.1 Å². The summed E-state index contributed by atoms with van der Waals surface area (Å²) in [5, 5.41) is 3.98. The third kappa shape index (κ3) is 4.83. The van der Waals surface area contributed by atoms with Gasteiger partial charge in [-0.2, -0.15) is 0 Å². The minimum atomic E-state index is -0.507. The maximum Gasteiger partial charge on any atom is 0.336 e. The second-order valence-corrected chi connectivity index (χ2v) is 9.85. The number of ether oxygens (including phenoxy) is 2. The van der Waals surface area contributed by atoms with Crippen LogP contribution in [-0.2, 0) is 20.9 Å². The number of esters is 1. The number of hydrogen-bond acceptors (Lipinski definition) is 5. The van der Waals surface area contributed by atoms with Crippen molar-refractivity contribution in [3.8, 4) is 5.75 Å². The zero-order chi connectivity index (χ0) is 23.8. The topological polar surface area (TPSA) is 64.6 Å². The molecule has 1 N–H and O–H groups in total. The first-order chi connectivity index (χ1) is 15.7. The molecule has 1 aliphatic heterocycles. The first-order valence-corrected chi connectivity index (χ1v) is 11.4. The summed E-state index contributed by atoms with van der Waals surface area (Å²) in [7, 11) is 1.36. The van der Waals surface area contributed by atoms with E-state index in [9.17, 15) is 9.59 Å². The van der Waals surface area contributed by atoms with Gasteiger partial charge in [-0.1, -0.05) is 49.7 Å². The number of benzene rings is 2. The lowest BCUT2D eigenvalue weighted by Gasteiger charge is -2.39. The molecule has 0 aromatic heterocycles. The fourth-order valence-corrected chi connectivity index (χ4v) is 4.94. The van der Waals surface area contributed by atoms with Crippen molar-refractivity contribution < 1.29 is 19.1 Å². The summed E-state index contributed by atoms with van der Waals surface area (Å²) in [5.41, 5.74) is 4.33. The zero-order valence-corrected chi connectivity index (χ0v) is 20.1. The molecule has 1 aliphatic carbocycles. The number of carbonyl (C=O) groups excluding carboxylic acids is 2. The van der Waals surface area contributed by atoms with Crippen LogP contribution >= 0.6 is 11.6 Å². The van der Waals surface area contributed by atoms with Crippen LogP contribution in [0, 0.1) is 5.41 Å². The molecule has 6 heteroatoms. The Morgan fingerprint density at radius 1 is 1.15 bits per heavy atom. The number of Topliss-reactive ketones (excluding diaryl/α,β-unsaturated/α-hetero) is 1. The number of ketones is 1. The van der Waals surface area contributed by atoms with Crippen LogP contribution in [0.2, 0.25) is 5.02 Å². The molecule has 0 saturated carbocycles. The van der Waals surface area contributed by atoms with E-state index in [1.807, 2.05) is 55.5 Å². The number of nitrogens with one attached hydrogen (secondary N) is 1. The van der Waals surface area contributed by atoms with Gasteiger partial charge in [0, 0.05) is 34.3 Å². The third-order valence-corrected chi connectivity index (χ3v) is 6.37. The SMILES string of the molecule is COC(=O)C1=C(C)NC2=C(C(=O)CC(C)(C)C2)[C@H]1c1cccc(OCc2cccc(Cl)c2)c1. The largest absolute Gasteiger partial charge is 0.489 e. The van der Waals surface area contributed by atoms with E-state index in [-0.39, 0.29) is 11.2 Å². The van der Waals surface area contributed by atoms with Crippen LogP contribution in [0.4, 0.5) is 0 Å². The molecule has 0 fully saturated rings. The lowest BCUT2D eigenvalue weighted by molar-refractivity contribution is -0.136. The van der Waals surface area contributed by atoms with Crippen molar-refractivity contribution in [3.63, 3.8) is 0 Å². The standard InChI is InChI=1S/C27H28ClNO4/c1-16-23(26(31)32-4)24(25-21(29-16)13-27(2,3)14-22(25)30)18-8-6-10-20(12-18)33-15-17-7-5-9-19(28)11-17/h5-12,24,29H,13-15H2,1-4H3/t24-/m0/s1. The van der Waals surface area contributed by atoms with Gasteiger partial charge in [-0.25, -0.2) is 4.79 Å². The van der Waals surface area contributed by atoms with Crippen molar-refractivity contribution >= 4 is 23.4 Å².